The third kappa shape index (κ3) is 2.45. The molecule has 0 aliphatic heterocycles. The normalized spacial score (nSPS) is 10.3. The molecule has 1 aromatic carbocycles. The fourth-order valence-corrected chi connectivity index (χ4v) is 1.56. The molecule has 1 N–H and O–H groups in total. The molecular formula is C11H13N5O2. The summed E-state index contributed by atoms with van der Waals surface area (Å²) in [6.07, 6.45) is 1.61. The van der Waals surface area contributed by atoms with Crippen molar-refractivity contribution in [3.63, 3.8) is 0 Å². The molecule has 0 bridgehead atoms. The summed E-state index contributed by atoms with van der Waals surface area (Å²) in [5.41, 5.74) is 1.75. The number of hydrogen-bond donors (Lipinski definition) is 1. The SMILES string of the molecule is Cc1ccc([N+](=O)[O-])cc1NCc1nncn1C. The lowest BCUT2D eigenvalue weighted by Crippen LogP contribution is -2.06. The summed E-state index contributed by atoms with van der Waals surface area (Å²) in [5.74, 6) is 0.765. The van der Waals surface area contributed by atoms with Gasteiger partial charge in [-0.25, -0.2) is 0 Å². The number of non-ortho nitro benzene ring substituents is 1. The van der Waals surface area contributed by atoms with E-state index in [9.17, 15) is 10.1 Å². The third-order valence-corrected chi connectivity index (χ3v) is 2.67. The van der Waals surface area contributed by atoms with Gasteiger partial charge in [0.15, 0.2) is 5.82 Å². The molecule has 1 heterocycles. The Morgan fingerprint density at radius 3 is 2.89 bits per heavy atom. The zero-order valence-corrected chi connectivity index (χ0v) is 10.1. The maximum atomic E-state index is 10.7. The van der Waals surface area contributed by atoms with Gasteiger partial charge >= 0.3 is 0 Å². The minimum absolute atomic E-state index is 0.0704. The van der Waals surface area contributed by atoms with Crippen LogP contribution in [0, 0.1) is 17.0 Å². The second-order valence-corrected chi connectivity index (χ2v) is 3.97. The summed E-state index contributed by atoms with van der Waals surface area (Å²) in [6, 6.07) is 4.73. The van der Waals surface area contributed by atoms with Crippen molar-refractivity contribution in [1.29, 1.82) is 0 Å². The first kappa shape index (κ1) is 12.0. The fraction of sp³-hybridized carbons (Fsp3) is 0.273. The molecule has 7 nitrogen and oxygen atoms in total. The first-order chi connectivity index (χ1) is 8.58. The van der Waals surface area contributed by atoms with Crippen LogP contribution in [0.3, 0.4) is 0 Å². The second-order valence-electron chi connectivity index (χ2n) is 3.97. The van der Waals surface area contributed by atoms with E-state index in [2.05, 4.69) is 15.5 Å². The second kappa shape index (κ2) is 4.82. The Balaban J connectivity index is 2.16. The van der Waals surface area contributed by atoms with Crippen molar-refractivity contribution < 1.29 is 4.92 Å². The van der Waals surface area contributed by atoms with Gasteiger partial charge in [-0.3, -0.25) is 10.1 Å². The van der Waals surface area contributed by atoms with Crippen LogP contribution in [-0.2, 0) is 13.6 Å². The lowest BCUT2D eigenvalue weighted by molar-refractivity contribution is -0.384. The van der Waals surface area contributed by atoms with Crippen LogP contribution in [0.15, 0.2) is 24.5 Å². The lowest BCUT2D eigenvalue weighted by atomic mass is 10.2. The van der Waals surface area contributed by atoms with Crippen LogP contribution in [0.25, 0.3) is 0 Å². The van der Waals surface area contributed by atoms with Crippen LogP contribution in [0.2, 0.25) is 0 Å². The molecule has 7 heteroatoms. The highest BCUT2D eigenvalue weighted by Crippen LogP contribution is 2.22. The van der Waals surface area contributed by atoms with Gasteiger partial charge in [-0.05, 0) is 12.5 Å². The average Bonchev–Trinajstić information content (AvgIpc) is 2.73. The number of hydrogen-bond acceptors (Lipinski definition) is 5. The highest BCUT2D eigenvalue weighted by atomic mass is 16.6. The van der Waals surface area contributed by atoms with Gasteiger partial charge in [-0.15, -0.1) is 10.2 Å². The van der Waals surface area contributed by atoms with E-state index in [0.29, 0.717) is 6.54 Å². The molecule has 0 amide bonds. The van der Waals surface area contributed by atoms with Crippen LogP contribution in [0.5, 0.6) is 0 Å². The van der Waals surface area contributed by atoms with Crippen LogP contribution in [0.1, 0.15) is 11.4 Å². The molecule has 18 heavy (non-hydrogen) atoms. The Morgan fingerprint density at radius 1 is 1.50 bits per heavy atom. The summed E-state index contributed by atoms with van der Waals surface area (Å²) in [6.45, 7) is 2.36. The topological polar surface area (TPSA) is 85.9 Å². The first-order valence-corrected chi connectivity index (χ1v) is 5.39. The van der Waals surface area contributed by atoms with Crippen LogP contribution < -0.4 is 5.32 Å². The number of nitrogens with one attached hydrogen (secondary N) is 1. The van der Waals surface area contributed by atoms with Gasteiger partial charge in [0, 0.05) is 24.9 Å². The van der Waals surface area contributed by atoms with E-state index in [4.69, 9.17) is 0 Å². The molecule has 1 aromatic heterocycles. The van der Waals surface area contributed by atoms with Gasteiger partial charge in [0.05, 0.1) is 11.5 Å². The fourth-order valence-electron chi connectivity index (χ4n) is 1.56. The molecule has 0 saturated carbocycles. The molecule has 0 atom stereocenters. The summed E-state index contributed by atoms with van der Waals surface area (Å²) in [5, 5.41) is 21.5. The van der Waals surface area contributed by atoms with Gasteiger partial charge in [0.1, 0.15) is 6.33 Å². The van der Waals surface area contributed by atoms with E-state index < -0.39 is 4.92 Å². The van der Waals surface area contributed by atoms with Gasteiger partial charge in [-0.2, -0.15) is 0 Å². The van der Waals surface area contributed by atoms with Crippen molar-refractivity contribution in [2.75, 3.05) is 5.32 Å². The van der Waals surface area contributed by atoms with Gasteiger partial charge in [0.2, 0.25) is 0 Å². The van der Waals surface area contributed by atoms with Crippen LogP contribution in [0.4, 0.5) is 11.4 Å². The van der Waals surface area contributed by atoms with Crippen molar-refractivity contribution in [3.8, 4) is 0 Å². The van der Waals surface area contributed by atoms with E-state index in [0.717, 1.165) is 17.1 Å². The predicted octanol–water partition coefficient (Wildman–Crippen LogP) is 1.64. The summed E-state index contributed by atoms with van der Waals surface area (Å²) in [4.78, 5) is 10.3. The Kier molecular flexibility index (Phi) is 3.22. The quantitative estimate of drug-likeness (QED) is 0.655. The molecule has 94 valence electrons. The van der Waals surface area contributed by atoms with Crippen molar-refractivity contribution in [1.82, 2.24) is 14.8 Å². The Morgan fingerprint density at radius 2 is 2.28 bits per heavy atom. The largest absolute Gasteiger partial charge is 0.377 e. The number of rotatable bonds is 4. The van der Waals surface area contributed by atoms with Crippen molar-refractivity contribution in [2.45, 2.75) is 13.5 Å². The minimum Gasteiger partial charge on any atom is -0.377 e. The Labute approximate surface area is 104 Å². The molecule has 0 fully saturated rings. The molecule has 0 aliphatic carbocycles. The maximum absolute atomic E-state index is 10.7. The lowest BCUT2D eigenvalue weighted by Gasteiger charge is -2.08. The average molecular weight is 247 g/mol. The molecule has 2 aromatic rings. The number of nitrogens with zero attached hydrogens (tertiary/aromatic N) is 4. The van der Waals surface area contributed by atoms with Crippen LogP contribution >= 0.6 is 0 Å². The number of nitro groups is 1. The van der Waals surface area contributed by atoms with Crippen molar-refractivity contribution >= 4 is 11.4 Å². The van der Waals surface area contributed by atoms with Gasteiger partial charge in [0.25, 0.3) is 5.69 Å². The molecule has 0 unspecified atom stereocenters. The van der Waals surface area contributed by atoms with E-state index in [1.807, 2.05) is 14.0 Å². The van der Waals surface area contributed by atoms with Gasteiger partial charge in [-0.1, -0.05) is 6.07 Å². The molecule has 0 radical (unpaired) electrons. The van der Waals surface area contributed by atoms with E-state index in [-0.39, 0.29) is 5.69 Å². The summed E-state index contributed by atoms with van der Waals surface area (Å²) >= 11 is 0. The smallest absolute Gasteiger partial charge is 0.271 e. The molecule has 0 aliphatic rings. The first-order valence-electron chi connectivity index (χ1n) is 5.39. The van der Waals surface area contributed by atoms with Crippen molar-refractivity contribution in [2.24, 2.45) is 7.05 Å². The maximum Gasteiger partial charge on any atom is 0.271 e. The third-order valence-electron chi connectivity index (χ3n) is 2.67. The monoisotopic (exact) mass is 247 g/mol. The van der Waals surface area contributed by atoms with E-state index >= 15 is 0 Å². The molecule has 2 rings (SSSR count). The standard InChI is InChI=1S/C11H13N5O2/c1-8-3-4-9(16(17)18)5-10(8)12-6-11-14-13-7-15(11)2/h3-5,7,12H,6H2,1-2H3. The number of nitro benzene ring substituents is 1. The summed E-state index contributed by atoms with van der Waals surface area (Å²) < 4.78 is 1.79. The Hall–Kier alpha value is -2.44. The predicted molar refractivity (Wildman–Crippen MR) is 66.2 cm³/mol. The molecule has 0 saturated heterocycles. The zero-order chi connectivity index (χ0) is 13.1. The Bertz CT molecular complexity index is 579. The number of aromatic nitrogens is 3. The van der Waals surface area contributed by atoms with Crippen molar-refractivity contribution in [3.05, 3.63) is 46.0 Å². The highest BCUT2D eigenvalue weighted by molar-refractivity contribution is 5.56. The zero-order valence-electron chi connectivity index (χ0n) is 10.1. The highest BCUT2D eigenvalue weighted by Gasteiger charge is 2.09. The number of aryl methyl sites for hydroxylation is 2. The van der Waals surface area contributed by atoms with Crippen LogP contribution in [-0.4, -0.2) is 19.7 Å². The van der Waals surface area contributed by atoms with E-state index in [1.165, 1.54) is 12.1 Å². The number of anilines is 1. The number of benzene rings is 1. The molecular weight excluding hydrogens is 234 g/mol. The van der Waals surface area contributed by atoms with E-state index in [1.54, 1.807) is 17.0 Å². The minimum atomic E-state index is -0.410. The van der Waals surface area contributed by atoms with Gasteiger partial charge < -0.3 is 9.88 Å². The summed E-state index contributed by atoms with van der Waals surface area (Å²) in [7, 11) is 1.84. The molecule has 0 spiro atoms.